The van der Waals surface area contributed by atoms with Gasteiger partial charge in [-0.25, -0.2) is 30.4 Å². The average Bonchev–Trinajstić information content (AvgIpc) is 2.23. The van der Waals surface area contributed by atoms with E-state index in [1.165, 1.54) is 0 Å². The summed E-state index contributed by atoms with van der Waals surface area (Å²) in [5.41, 5.74) is -5.13. The zero-order valence-corrected chi connectivity index (χ0v) is 12.2. The van der Waals surface area contributed by atoms with Crippen LogP contribution in [0.2, 0.25) is 0 Å². The molecule has 0 aliphatic carbocycles. The first-order valence-electron chi connectivity index (χ1n) is 4.08. The van der Waals surface area contributed by atoms with Gasteiger partial charge in [-0.05, 0) is 0 Å². The van der Waals surface area contributed by atoms with Crippen LogP contribution in [0, 0.1) is 0 Å². The van der Waals surface area contributed by atoms with Crippen molar-refractivity contribution >= 4 is 10.1 Å². The van der Waals surface area contributed by atoms with E-state index in [9.17, 15) is 52.5 Å². The summed E-state index contributed by atoms with van der Waals surface area (Å²) in [5.74, 6) is -13.0. The number of hydrogen-bond donors (Lipinski definition) is 0. The van der Waals surface area contributed by atoms with Crippen molar-refractivity contribution in [1.82, 2.24) is 0 Å². The third kappa shape index (κ3) is 4.39. The van der Waals surface area contributed by atoms with E-state index in [0.29, 0.717) is 0 Å². The van der Waals surface area contributed by atoms with Crippen LogP contribution in [0.5, 0.6) is 0 Å². The van der Waals surface area contributed by atoms with Crippen LogP contribution in [-0.2, 0) is 10.1 Å². The molecule has 116 valence electrons. The summed E-state index contributed by atoms with van der Waals surface area (Å²) in [6, 6.07) is 0. The third-order valence-corrected chi connectivity index (χ3v) is 2.65. The number of halogens is 9. The minimum Gasteiger partial charge on any atom is -0.746 e. The molecule has 0 N–H and O–H groups in total. The molecule has 0 bridgehead atoms. The van der Waals surface area contributed by atoms with Crippen LogP contribution in [0.25, 0.3) is 0 Å². The molecule has 0 rings (SSSR count). The Bertz CT molecular complexity index is 414. The van der Waals surface area contributed by atoms with Crippen LogP contribution in [0.1, 0.15) is 0 Å². The van der Waals surface area contributed by atoms with Crippen LogP contribution < -0.4 is 29.6 Å². The summed E-state index contributed by atoms with van der Waals surface area (Å²) in [6.45, 7) is 0. The molecule has 0 radical (unpaired) electrons. The molecule has 0 spiro atoms. The summed E-state index contributed by atoms with van der Waals surface area (Å²) < 4.78 is 140. The second-order valence-electron chi connectivity index (χ2n) is 3.24. The number of alkyl halides is 9. The van der Waals surface area contributed by atoms with Crippen LogP contribution >= 0.6 is 0 Å². The molecule has 0 aromatic rings. The molecular formula is C6H4F9NaO3S. The molecule has 0 amide bonds. The fraction of sp³-hybridized carbons (Fsp3) is 1.00. The Labute approximate surface area is 128 Å². The number of rotatable bonds is 6. The third-order valence-electron chi connectivity index (χ3n) is 1.85. The van der Waals surface area contributed by atoms with Gasteiger partial charge in [-0.1, -0.05) is 0 Å². The fourth-order valence-electron chi connectivity index (χ4n) is 0.844. The first kappa shape index (κ1) is 22.6. The Morgan fingerprint density at radius 2 is 1.20 bits per heavy atom. The first-order chi connectivity index (χ1) is 8.17. The molecular weight excluding hydrogens is 346 g/mol. The van der Waals surface area contributed by atoms with Gasteiger partial charge in [0, 0.05) is 0 Å². The van der Waals surface area contributed by atoms with Gasteiger partial charge in [0.15, 0.2) is 6.17 Å². The van der Waals surface area contributed by atoms with Gasteiger partial charge in [-0.2, -0.15) is 17.6 Å². The molecule has 3 unspecified atom stereocenters. The van der Waals surface area contributed by atoms with Crippen LogP contribution in [0.3, 0.4) is 0 Å². The maximum Gasteiger partial charge on any atom is 1.00 e. The predicted octanol–water partition coefficient (Wildman–Crippen LogP) is -0.957. The van der Waals surface area contributed by atoms with Crippen LogP contribution in [-0.4, -0.2) is 49.1 Å². The molecule has 14 heteroatoms. The van der Waals surface area contributed by atoms with Crippen LogP contribution in [0.4, 0.5) is 39.5 Å². The van der Waals surface area contributed by atoms with Gasteiger partial charge in [0.2, 0.25) is 6.17 Å². The maximum absolute atomic E-state index is 12.6. The van der Waals surface area contributed by atoms with E-state index in [4.69, 9.17) is 0 Å². The smallest absolute Gasteiger partial charge is 0.746 e. The van der Waals surface area contributed by atoms with Gasteiger partial charge < -0.3 is 4.55 Å². The second-order valence-corrected chi connectivity index (χ2v) is 4.63. The van der Waals surface area contributed by atoms with E-state index in [0.717, 1.165) is 0 Å². The largest absolute Gasteiger partial charge is 1.00 e. The number of hydrogen-bond acceptors (Lipinski definition) is 3. The SMILES string of the molecule is O=S(=O)([O-])C(F)C(F)(F)C(F)(F)C(F)C(F)C(F)F.[Na+]. The molecule has 0 heterocycles. The zero-order chi connectivity index (χ0) is 15.8. The Kier molecular flexibility index (Phi) is 7.93. The fourth-order valence-corrected chi connectivity index (χ4v) is 1.36. The first-order valence-corrected chi connectivity index (χ1v) is 5.55. The van der Waals surface area contributed by atoms with Crippen molar-refractivity contribution in [3.63, 3.8) is 0 Å². The molecule has 0 aliphatic rings. The molecule has 0 saturated heterocycles. The standard InChI is InChI=1S/C6H5F9O3S.Na/c7-1(3(9)10)2(8)5(12,13)6(14,15)4(11)19(16,17)18;/h1-4H,(H,16,17,18);/q;+1/p-1. The van der Waals surface area contributed by atoms with E-state index in [1.54, 1.807) is 0 Å². The molecule has 0 aromatic carbocycles. The molecule has 0 aromatic heterocycles. The zero-order valence-electron chi connectivity index (χ0n) is 9.34. The van der Waals surface area contributed by atoms with E-state index >= 15 is 0 Å². The van der Waals surface area contributed by atoms with E-state index in [1.807, 2.05) is 0 Å². The normalized spacial score (nSPS) is 18.4. The summed E-state index contributed by atoms with van der Waals surface area (Å²) in [4.78, 5) is 0. The Morgan fingerprint density at radius 3 is 1.45 bits per heavy atom. The summed E-state index contributed by atoms with van der Waals surface area (Å²) in [7, 11) is -6.65. The van der Waals surface area contributed by atoms with Gasteiger partial charge in [-0.3, -0.25) is 0 Å². The second kappa shape index (κ2) is 7.03. The van der Waals surface area contributed by atoms with Crippen molar-refractivity contribution in [2.24, 2.45) is 0 Å². The van der Waals surface area contributed by atoms with Crippen molar-refractivity contribution in [2.75, 3.05) is 0 Å². The molecule has 0 fully saturated rings. The van der Waals surface area contributed by atoms with Crippen molar-refractivity contribution < 1.29 is 82.0 Å². The van der Waals surface area contributed by atoms with Gasteiger partial charge in [0.25, 0.3) is 11.9 Å². The van der Waals surface area contributed by atoms with Crippen LogP contribution in [0.15, 0.2) is 0 Å². The Morgan fingerprint density at radius 1 is 0.850 bits per heavy atom. The summed E-state index contributed by atoms with van der Waals surface area (Å²) in [6.07, 6.45) is -13.8. The molecule has 20 heavy (non-hydrogen) atoms. The van der Waals surface area contributed by atoms with Crippen molar-refractivity contribution in [3.05, 3.63) is 0 Å². The summed E-state index contributed by atoms with van der Waals surface area (Å²) >= 11 is 0. The molecule has 0 saturated carbocycles. The van der Waals surface area contributed by atoms with E-state index in [2.05, 4.69) is 0 Å². The topological polar surface area (TPSA) is 57.2 Å². The average molecular weight is 350 g/mol. The minimum atomic E-state index is -6.65. The molecule has 3 nitrogen and oxygen atoms in total. The van der Waals surface area contributed by atoms with Crippen molar-refractivity contribution in [1.29, 1.82) is 0 Å². The van der Waals surface area contributed by atoms with Gasteiger partial charge in [-0.15, -0.1) is 0 Å². The Hall–Kier alpha value is 0.280. The predicted molar refractivity (Wildman–Crippen MR) is 40.3 cm³/mol. The maximum atomic E-state index is 12.6. The van der Waals surface area contributed by atoms with E-state index in [-0.39, 0.29) is 29.6 Å². The van der Waals surface area contributed by atoms with Gasteiger partial charge in [0.1, 0.15) is 10.1 Å². The van der Waals surface area contributed by atoms with Gasteiger partial charge >= 0.3 is 41.4 Å². The Balaban J connectivity index is 0. The quantitative estimate of drug-likeness (QED) is 0.352. The minimum absolute atomic E-state index is 0. The van der Waals surface area contributed by atoms with Crippen molar-refractivity contribution in [2.45, 2.75) is 36.1 Å². The van der Waals surface area contributed by atoms with Crippen molar-refractivity contribution in [3.8, 4) is 0 Å². The van der Waals surface area contributed by atoms with Gasteiger partial charge in [0.05, 0.1) is 0 Å². The molecule has 3 atom stereocenters. The summed E-state index contributed by atoms with van der Waals surface area (Å²) in [5, 5.41) is 0. The van der Waals surface area contributed by atoms with E-state index < -0.39 is 46.2 Å². The monoisotopic (exact) mass is 350 g/mol. The molecule has 0 aliphatic heterocycles.